The molecular weight excluding hydrogens is 277 g/mol. The summed E-state index contributed by atoms with van der Waals surface area (Å²) in [7, 11) is 0. The highest BCUT2D eigenvalue weighted by Crippen LogP contribution is 2.31. The highest BCUT2D eigenvalue weighted by Gasteiger charge is 2.16. The SMILES string of the molecule is OC(c1cccc(F)c1)c1ccc(Cl)c2cccnc12. The summed E-state index contributed by atoms with van der Waals surface area (Å²) in [5.74, 6) is -0.382. The minimum Gasteiger partial charge on any atom is -0.384 e. The van der Waals surface area contributed by atoms with Crippen LogP contribution in [-0.2, 0) is 0 Å². The van der Waals surface area contributed by atoms with E-state index in [4.69, 9.17) is 11.6 Å². The monoisotopic (exact) mass is 287 g/mol. The number of aliphatic hydroxyl groups is 1. The smallest absolute Gasteiger partial charge is 0.123 e. The van der Waals surface area contributed by atoms with E-state index in [-0.39, 0.29) is 5.82 Å². The molecule has 1 unspecified atom stereocenters. The number of nitrogens with zero attached hydrogens (tertiary/aromatic N) is 1. The summed E-state index contributed by atoms with van der Waals surface area (Å²) in [5.41, 5.74) is 1.71. The Morgan fingerprint density at radius 3 is 2.75 bits per heavy atom. The van der Waals surface area contributed by atoms with Gasteiger partial charge in [-0.15, -0.1) is 0 Å². The zero-order valence-electron chi connectivity index (χ0n) is 10.4. The zero-order chi connectivity index (χ0) is 14.1. The fraction of sp³-hybridized carbons (Fsp3) is 0.0625. The Labute approximate surface area is 120 Å². The van der Waals surface area contributed by atoms with Crippen LogP contribution in [0.25, 0.3) is 10.9 Å². The molecule has 0 spiro atoms. The molecule has 0 aliphatic carbocycles. The fourth-order valence-electron chi connectivity index (χ4n) is 2.24. The second-order valence-electron chi connectivity index (χ2n) is 4.49. The average molecular weight is 288 g/mol. The number of pyridine rings is 1. The lowest BCUT2D eigenvalue weighted by Gasteiger charge is -2.14. The number of fused-ring (bicyclic) bond motifs is 1. The summed E-state index contributed by atoms with van der Waals surface area (Å²) in [4.78, 5) is 4.27. The van der Waals surface area contributed by atoms with Crippen molar-refractivity contribution in [1.29, 1.82) is 0 Å². The molecule has 0 fully saturated rings. The normalized spacial score (nSPS) is 12.6. The summed E-state index contributed by atoms with van der Waals surface area (Å²) in [6.45, 7) is 0. The third kappa shape index (κ3) is 2.26. The van der Waals surface area contributed by atoms with Crippen molar-refractivity contribution in [3.05, 3.63) is 76.7 Å². The van der Waals surface area contributed by atoms with Crippen molar-refractivity contribution < 1.29 is 9.50 Å². The van der Waals surface area contributed by atoms with Crippen molar-refractivity contribution in [2.24, 2.45) is 0 Å². The van der Waals surface area contributed by atoms with E-state index >= 15 is 0 Å². The number of halogens is 2. The predicted octanol–water partition coefficient (Wildman–Crippen LogP) is 4.11. The molecule has 2 nitrogen and oxygen atoms in total. The molecule has 1 heterocycles. The van der Waals surface area contributed by atoms with Crippen molar-refractivity contribution in [2.75, 3.05) is 0 Å². The van der Waals surface area contributed by atoms with Crippen LogP contribution >= 0.6 is 11.6 Å². The number of aliphatic hydroxyl groups excluding tert-OH is 1. The Balaban J connectivity index is 2.17. The van der Waals surface area contributed by atoms with Gasteiger partial charge in [0.15, 0.2) is 0 Å². The van der Waals surface area contributed by atoms with Crippen LogP contribution < -0.4 is 0 Å². The zero-order valence-corrected chi connectivity index (χ0v) is 11.2. The van der Waals surface area contributed by atoms with Gasteiger partial charge in [0.25, 0.3) is 0 Å². The maximum Gasteiger partial charge on any atom is 0.123 e. The Bertz CT molecular complexity index is 775. The van der Waals surface area contributed by atoms with Crippen LogP contribution in [0.1, 0.15) is 17.2 Å². The minimum absolute atomic E-state index is 0.382. The third-order valence-electron chi connectivity index (χ3n) is 3.21. The molecule has 2 aromatic carbocycles. The number of rotatable bonds is 2. The van der Waals surface area contributed by atoms with E-state index in [0.29, 0.717) is 21.7 Å². The standard InChI is InChI=1S/C16H11ClFNO/c17-14-7-6-13(15-12(14)5-2-8-19-15)16(20)10-3-1-4-11(18)9-10/h1-9,16,20H. The van der Waals surface area contributed by atoms with Gasteiger partial charge in [-0.25, -0.2) is 4.39 Å². The van der Waals surface area contributed by atoms with Gasteiger partial charge in [0, 0.05) is 22.2 Å². The van der Waals surface area contributed by atoms with E-state index in [0.717, 1.165) is 5.39 Å². The van der Waals surface area contributed by atoms with Crippen LogP contribution in [0.15, 0.2) is 54.7 Å². The Morgan fingerprint density at radius 2 is 1.95 bits per heavy atom. The van der Waals surface area contributed by atoms with Gasteiger partial charge in [-0.05, 0) is 35.9 Å². The Kier molecular flexibility index (Phi) is 3.38. The molecule has 0 aliphatic rings. The molecule has 0 bridgehead atoms. The van der Waals surface area contributed by atoms with Gasteiger partial charge < -0.3 is 5.11 Å². The van der Waals surface area contributed by atoms with Crippen LogP contribution in [0, 0.1) is 5.82 Å². The van der Waals surface area contributed by atoms with Gasteiger partial charge in [0.05, 0.1) is 5.52 Å². The number of benzene rings is 2. The van der Waals surface area contributed by atoms with Crippen molar-refractivity contribution in [1.82, 2.24) is 4.98 Å². The van der Waals surface area contributed by atoms with E-state index < -0.39 is 6.10 Å². The molecule has 0 saturated carbocycles. The average Bonchev–Trinajstić information content (AvgIpc) is 2.47. The molecule has 0 amide bonds. The molecule has 0 aliphatic heterocycles. The fourth-order valence-corrected chi connectivity index (χ4v) is 2.45. The van der Waals surface area contributed by atoms with Crippen LogP contribution in [0.3, 0.4) is 0 Å². The summed E-state index contributed by atoms with van der Waals surface area (Å²) < 4.78 is 13.3. The molecule has 1 atom stereocenters. The quantitative estimate of drug-likeness (QED) is 0.769. The highest BCUT2D eigenvalue weighted by atomic mass is 35.5. The molecule has 100 valence electrons. The van der Waals surface area contributed by atoms with Crippen molar-refractivity contribution in [2.45, 2.75) is 6.10 Å². The van der Waals surface area contributed by atoms with Crippen molar-refractivity contribution >= 4 is 22.5 Å². The molecule has 20 heavy (non-hydrogen) atoms. The van der Waals surface area contributed by atoms with Gasteiger partial charge >= 0.3 is 0 Å². The minimum atomic E-state index is -0.944. The molecule has 0 radical (unpaired) electrons. The number of hydrogen-bond acceptors (Lipinski definition) is 2. The predicted molar refractivity (Wildman–Crippen MR) is 77.2 cm³/mol. The van der Waals surface area contributed by atoms with Gasteiger partial charge in [-0.1, -0.05) is 29.8 Å². The molecule has 0 saturated heterocycles. The van der Waals surface area contributed by atoms with Crippen LogP contribution in [0.5, 0.6) is 0 Å². The highest BCUT2D eigenvalue weighted by molar-refractivity contribution is 6.35. The van der Waals surface area contributed by atoms with Gasteiger partial charge in [-0.3, -0.25) is 4.98 Å². The lowest BCUT2D eigenvalue weighted by atomic mass is 9.99. The first-order valence-corrected chi connectivity index (χ1v) is 6.51. The van der Waals surface area contributed by atoms with E-state index in [1.807, 2.05) is 6.07 Å². The van der Waals surface area contributed by atoms with Crippen molar-refractivity contribution in [3.63, 3.8) is 0 Å². The lowest BCUT2D eigenvalue weighted by molar-refractivity contribution is 0.221. The molecule has 3 aromatic rings. The van der Waals surface area contributed by atoms with E-state index in [1.165, 1.54) is 12.1 Å². The summed E-state index contributed by atoms with van der Waals surface area (Å²) in [6, 6.07) is 13.0. The molecular formula is C16H11ClFNO. The topological polar surface area (TPSA) is 33.1 Å². The van der Waals surface area contributed by atoms with E-state index in [9.17, 15) is 9.50 Å². The van der Waals surface area contributed by atoms with Crippen molar-refractivity contribution in [3.8, 4) is 0 Å². The van der Waals surface area contributed by atoms with Crippen LogP contribution in [0.4, 0.5) is 4.39 Å². The molecule has 1 N–H and O–H groups in total. The number of aromatic nitrogens is 1. The maximum absolute atomic E-state index is 13.3. The molecule has 1 aromatic heterocycles. The summed E-state index contributed by atoms with van der Waals surface area (Å²) >= 11 is 6.12. The first kappa shape index (κ1) is 13.0. The van der Waals surface area contributed by atoms with Gasteiger partial charge in [-0.2, -0.15) is 0 Å². The number of hydrogen-bond donors (Lipinski definition) is 1. The first-order chi connectivity index (χ1) is 9.66. The van der Waals surface area contributed by atoms with Crippen LogP contribution in [-0.4, -0.2) is 10.1 Å². The second kappa shape index (κ2) is 5.19. The molecule has 3 rings (SSSR count). The first-order valence-electron chi connectivity index (χ1n) is 6.13. The van der Waals surface area contributed by atoms with Gasteiger partial charge in [0.1, 0.15) is 11.9 Å². The lowest BCUT2D eigenvalue weighted by Crippen LogP contribution is -2.02. The second-order valence-corrected chi connectivity index (χ2v) is 4.90. The van der Waals surface area contributed by atoms with Crippen LogP contribution in [0.2, 0.25) is 5.02 Å². The maximum atomic E-state index is 13.3. The van der Waals surface area contributed by atoms with Gasteiger partial charge in [0.2, 0.25) is 0 Å². The van der Waals surface area contributed by atoms with E-state index in [2.05, 4.69) is 4.98 Å². The largest absolute Gasteiger partial charge is 0.384 e. The summed E-state index contributed by atoms with van der Waals surface area (Å²) in [5, 5.41) is 11.8. The van der Waals surface area contributed by atoms with E-state index in [1.54, 1.807) is 36.5 Å². The third-order valence-corrected chi connectivity index (χ3v) is 3.54. The summed E-state index contributed by atoms with van der Waals surface area (Å²) in [6.07, 6.45) is 0.695. The Morgan fingerprint density at radius 1 is 1.10 bits per heavy atom. The Hall–Kier alpha value is -1.97. The molecule has 4 heteroatoms.